The topological polar surface area (TPSA) is 106 Å². The summed E-state index contributed by atoms with van der Waals surface area (Å²) < 4.78 is 10.6. The fourth-order valence-electron chi connectivity index (χ4n) is 4.10. The third kappa shape index (κ3) is 19.9. The van der Waals surface area contributed by atoms with E-state index in [9.17, 15) is 14.4 Å². The minimum absolute atomic E-state index is 0.202. The Morgan fingerprint density at radius 3 is 1.92 bits per heavy atom. The monoisotopic (exact) mass is 547 g/mol. The summed E-state index contributed by atoms with van der Waals surface area (Å²) in [5.74, 6) is -0.202. The largest absolute Gasteiger partial charge is 0.445 e. The molecular weight excluding hydrogens is 494 g/mol. The van der Waals surface area contributed by atoms with Crippen molar-refractivity contribution in [2.45, 2.75) is 129 Å². The summed E-state index contributed by atoms with van der Waals surface area (Å²) in [7, 11) is 0. The summed E-state index contributed by atoms with van der Waals surface area (Å²) in [4.78, 5) is 37.1. The molecule has 0 aromatic heterocycles. The molecule has 0 saturated carbocycles. The van der Waals surface area contributed by atoms with Crippen LogP contribution in [0, 0.1) is 0 Å². The molecule has 8 heteroatoms. The maximum Gasteiger partial charge on any atom is 0.408 e. The Hall–Kier alpha value is -2.77. The van der Waals surface area contributed by atoms with Gasteiger partial charge in [-0.05, 0) is 52.0 Å². The molecular formula is C31H53N3O5. The molecule has 1 aromatic rings. The second-order valence-corrected chi connectivity index (χ2v) is 11.2. The maximum atomic E-state index is 12.8. The fourth-order valence-corrected chi connectivity index (χ4v) is 4.10. The number of carbonyl (C=O) groups excluding carboxylic acids is 3. The van der Waals surface area contributed by atoms with Crippen LogP contribution >= 0.6 is 0 Å². The van der Waals surface area contributed by atoms with Gasteiger partial charge in [0.25, 0.3) is 0 Å². The molecule has 1 atom stereocenters. The van der Waals surface area contributed by atoms with Crippen LogP contribution in [0.25, 0.3) is 0 Å². The molecule has 1 aromatic carbocycles. The molecule has 8 nitrogen and oxygen atoms in total. The van der Waals surface area contributed by atoms with E-state index < -0.39 is 23.8 Å². The third-order valence-electron chi connectivity index (χ3n) is 6.24. The molecule has 0 radical (unpaired) electrons. The molecule has 0 spiro atoms. The zero-order chi connectivity index (χ0) is 28.8. The average molecular weight is 548 g/mol. The normalized spacial score (nSPS) is 11.9. The lowest BCUT2D eigenvalue weighted by Crippen LogP contribution is -2.48. The molecule has 3 N–H and O–H groups in total. The molecule has 0 aliphatic carbocycles. The smallest absolute Gasteiger partial charge is 0.408 e. The number of hydrogen-bond donors (Lipinski definition) is 3. The zero-order valence-electron chi connectivity index (χ0n) is 24.8. The van der Waals surface area contributed by atoms with Gasteiger partial charge in [-0.15, -0.1) is 0 Å². The lowest BCUT2D eigenvalue weighted by atomic mass is 10.1. The van der Waals surface area contributed by atoms with Crippen molar-refractivity contribution in [1.29, 1.82) is 0 Å². The van der Waals surface area contributed by atoms with Crippen LogP contribution < -0.4 is 16.0 Å². The van der Waals surface area contributed by atoms with Gasteiger partial charge in [-0.2, -0.15) is 0 Å². The standard InChI is InChI=1S/C31H53N3O5/c1-5-6-7-8-9-10-11-12-13-18-23-32-28(35)27(34-30(37)39-31(2,3)4)22-17-19-24-33-29(36)38-25-26-20-15-14-16-21-26/h14-16,20-21,27H,5-13,17-19,22-25H2,1-4H3,(H,32,35)(H,33,36)(H,34,37)/t27-/m1/s1. The summed E-state index contributed by atoms with van der Waals surface area (Å²) in [5, 5.41) is 8.41. The van der Waals surface area contributed by atoms with Crippen molar-refractivity contribution in [3.8, 4) is 0 Å². The first-order valence-corrected chi connectivity index (χ1v) is 14.9. The Morgan fingerprint density at radius 1 is 0.744 bits per heavy atom. The van der Waals surface area contributed by atoms with Crippen LogP contribution in [0.1, 0.15) is 117 Å². The van der Waals surface area contributed by atoms with Crippen molar-refractivity contribution >= 4 is 18.1 Å². The Kier molecular flexibility index (Phi) is 18.5. The molecule has 3 amide bonds. The first kappa shape index (κ1) is 34.3. The second kappa shape index (κ2) is 21.1. The zero-order valence-corrected chi connectivity index (χ0v) is 24.8. The van der Waals surface area contributed by atoms with E-state index in [0.29, 0.717) is 32.4 Å². The Morgan fingerprint density at radius 2 is 1.31 bits per heavy atom. The van der Waals surface area contributed by atoms with Gasteiger partial charge >= 0.3 is 12.2 Å². The van der Waals surface area contributed by atoms with Crippen LogP contribution in [-0.2, 0) is 20.9 Å². The van der Waals surface area contributed by atoms with Gasteiger partial charge in [-0.3, -0.25) is 4.79 Å². The molecule has 0 bridgehead atoms. The van der Waals surface area contributed by atoms with Gasteiger partial charge < -0.3 is 25.4 Å². The predicted octanol–water partition coefficient (Wildman–Crippen LogP) is 7.01. The second-order valence-electron chi connectivity index (χ2n) is 11.2. The highest BCUT2D eigenvalue weighted by molar-refractivity contribution is 5.85. The molecule has 1 rings (SSSR count). The third-order valence-corrected chi connectivity index (χ3v) is 6.24. The fraction of sp³-hybridized carbons (Fsp3) is 0.710. The molecule has 0 aliphatic rings. The van der Waals surface area contributed by atoms with Crippen LogP contribution in [0.15, 0.2) is 30.3 Å². The molecule has 39 heavy (non-hydrogen) atoms. The maximum absolute atomic E-state index is 12.8. The number of amides is 3. The summed E-state index contributed by atoms with van der Waals surface area (Å²) in [6.45, 7) is 8.83. The van der Waals surface area contributed by atoms with E-state index in [0.717, 1.165) is 18.4 Å². The van der Waals surface area contributed by atoms with Gasteiger partial charge in [0.05, 0.1) is 0 Å². The SMILES string of the molecule is CCCCCCCCCCCCNC(=O)[C@@H](CCCCNC(=O)OCc1ccccc1)NC(=O)OC(C)(C)C. The number of benzene rings is 1. The minimum Gasteiger partial charge on any atom is -0.445 e. The van der Waals surface area contributed by atoms with Crippen molar-refractivity contribution in [3.05, 3.63) is 35.9 Å². The van der Waals surface area contributed by atoms with Gasteiger partial charge in [0, 0.05) is 13.1 Å². The average Bonchev–Trinajstić information content (AvgIpc) is 2.89. The highest BCUT2D eigenvalue weighted by atomic mass is 16.6. The van der Waals surface area contributed by atoms with Crippen molar-refractivity contribution < 1.29 is 23.9 Å². The van der Waals surface area contributed by atoms with Gasteiger partial charge in [0.2, 0.25) is 5.91 Å². The van der Waals surface area contributed by atoms with E-state index in [1.165, 1.54) is 51.4 Å². The van der Waals surface area contributed by atoms with Crippen molar-refractivity contribution in [3.63, 3.8) is 0 Å². The quantitative estimate of drug-likeness (QED) is 0.152. The van der Waals surface area contributed by atoms with Crippen molar-refractivity contribution in [2.75, 3.05) is 13.1 Å². The van der Waals surface area contributed by atoms with Crippen molar-refractivity contribution in [2.24, 2.45) is 0 Å². The molecule has 0 unspecified atom stereocenters. The van der Waals surface area contributed by atoms with Gasteiger partial charge in [-0.25, -0.2) is 9.59 Å². The van der Waals surface area contributed by atoms with E-state index in [4.69, 9.17) is 9.47 Å². The van der Waals surface area contributed by atoms with Crippen molar-refractivity contribution in [1.82, 2.24) is 16.0 Å². The van der Waals surface area contributed by atoms with Crippen LogP contribution in [0.2, 0.25) is 0 Å². The first-order valence-electron chi connectivity index (χ1n) is 14.9. The van der Waals surface area contributed by atoms with E-state index in [1.807, 2.05) is 30.3 Å². The van der Waals surface area contributed by atoms with E-state index >= 15 is 0 Å². The summed E-state index contributed by atoms with van der Waals surface area (Å²) in [6, 6.07) is 8.80. The summed E-state index contributed by atoms with van der Waals surface area (Å²) in [6.07, 6.45) is 13.0. The number of alkyl carbamates (subject to hydrolysis) is 2. The van der Waals surface area contributed by atoms with Crippen LogP contribution in [0.4, 0.5) is 9.59 Å². The van der Waals surface area contributed by atoms with Crippen LogP contribution in [0.3, 0.4) is 0 Å². The Bertz CT molecular complexity index is 795. The van der Waals surface area contributed by atoms with Crippen LogP contribution in [0.5, 0.6) is 0 Å². The molecule has 0 saturated heterocycles. The lowest BCUT2D eigenvalue weighted by molar-refractivity contribution is -0.123. The summed E-state index contributed by atoms with van der Waals surface area (Å²) >= 11 is 0. The summed E-state index contributed by atoms with van der Waals surface area (Å²) in [5.41, 5.74) is 0.276. The van der Waals surface area contributed by atoms with Gasteiger partial charge in [0.15, 0.2) is 0 Å². The number of ether oxygens (including phenoxy) is 2. The highest BCUT2D eigenvalue weighted by Gasteiger charge is 2.23. The molecule has 222 valence electrons. The Labute approximate surface area is 236 Å². The van der Waals surface area contributed by atoms with E-state index in [1.54, 1.807) is 20.8 Å². The number of rotatable bonds is 20. The van der Waals surface area contributed by atoms with Gasteiger partial charge in [-0.1, -0.05) is 95.0 Å². The number of carbonyl (C=O) groups is 3. The predicted molar refractivity (Wildman–Crippen MR) is 156 cm³/mol. The number of nitrogens with one attached hydrogen (secondary N) is 3. The molecule has 0 heterocycles. The minimum atomic E-state index is -0.687. The van der Waals surface area contributed by atoms with E-state index in [-0.39, 0.29) is 12.5 Å². The van der Waals surface area contributed by atoms with Gasteiger partial charge in [0.1, 0.15) is 18.2 Å². The number of hydrogen-bond acceptors (Lipinski definition) is 5. The molecule has 0 aliphatic heterocycles. The lowest BCUT2D eigenvalue weighted by Gasteiger charge is -2.23. The molecule has 0 fully saturated rings. The number of unbranched alkanes of at least 4 members (excludes halogenated alkanes) is 10. The van der Waals surface area contributed by atoms with E-state index in [2.05, 4.69) is 22.9 Å². The van der Waals surface area contributed by atoms with Crippen LogP contribution in [-0.4, -0.2) is 42.8 Å². The Balaban J connectivity index is 2.30. The highest BCUT2D eigenvalue weighted by Crippen LogP contribution is 2.11. The first-order chi connectivity index (χ1) is 18.7.